The highest BCUT2D eigenvalue weighted by atomic mass is 32.1. The zero-order valence-electron chi connectivity index (χ0n) is 16.0. The lowest BCUT2D eigenvalue weighted by Crippen LogP contribution is -2.31. The summed E-state index contributed by atoms with van der Waals surface area (Å²) in [6, 6.07) is 5.96. The zero-order chi connectivity index (χ0) is 18.8. The molecule has 1 aliphatic rings. The molecule has 1 aromatic carbocycles. The van der Waals surface area contributed by atoms with E-state index in [9.17, 15) is 0 Å². The largest absolute Gasteiger partial charge is 0.490 e. The Kier molecular flexibility index (Phi) is 5.27. The molecule has 1 atom stereocenters. The third-order valence-corrected chi connectivity index (χ3v) is 5.74. The molecular formula is C19H25N5O2S. The van der Waals surface area contributed by atoms with Gasteiger partial charge in [-0.2, -0.15) is 9.61 Å². The topological polar surface area (TPSA) is 64.8 Å². The smallest absolute Gasteiger partial charge is 0.234 e. The molecule has 27 heavy (non-hydrogen) atoms. The van der Waals surface area contributed by atoms with Gasteiger partial charge in [0.1, 0.15) is 5.01 Å². The summed E-state index contributed by atoms with van der Waals surface area (Å²) in [7, 11) is 2.16. The van der Waals surface area contributed by atoms with E-state index >= 15 is 0 Å². The van der Waals surface area contributed by atoms with Gasteiger partial charge < -0.3 is 14.4 Å². The van der Waals surface area contributed by atoms with Crippen molar-refractivity contribution < 1.29 is 9.47 Å². The van der Waals surface area contributed by atoms with Gasteiger partial charge >= 0.3 is 0 Å². The number of piperidine rings is 1. The van der Waals surface area contributed by atoms with Crippen LogP contribution in [-0.4, -0.2) is 58.1 Å². The molecule has 1 unspecified atom stereocenters. The molecule has 2 aromatic heterocycles. The first-order valence-corrected chi connectivity index (χ1v) is 10.3. The average Bonchev–Trinajstić information content (AvgIpc) is 3.24. The van der Waals surface area contributed by atoms with E-state index in [4.69, 9.17) is 14.6 Å². The third-order valence-electron chi connectivity index (χ3n) is 4.79. The normalized spacial score (nSPS) is 18.1. The minimum atomic E-state index is 0.382. The van der Waals surface area contributed by atoms with Gasteiger partial charge in [-0.25, -0.2) is 0 Å². The van der Waals surface area contributed by atoms with Crippen LogP contribution in [0.25, 0.3) is 15.5 Å². The molecule has 0 bridgehead atoms. The van der Waals surface area contributed by atoms with Crippen LogP contribution >= 0.6 is 11.3 Å². The molecule has 0 aliphatic carbocycles. The summed E-state index contributed by atoms with van der Waals surface area (Å²) in [4.78, 5) is 3.18. The molecule has 144 valence electrons. The fourth-order valence-corrected chi connectivity index (χ4v) is 4.41. The Morgan fingerprint density at radius 1 is 1.15 bits per heavy atom. The number of aromatic nitrogens is 4. The predicted molar refractivity (Wildman–Crippen MR) is 106 cm³/mol. The minimum absolute atomic E-state index is 0.382. The maximum Gasteiger partial charge on any atom is 0.234 e. The highest BCUT2D eigenvalue weighted by Gasteiger charge is 2.25. The Morgan fingerprint density at radius 3 is 2.74 bits per heavy atom. The van der Waals surface area contributed by atoms with E-state index < -0.39 is 0 Å². The van der Waals surface area contributed by atoms with Gasteiger partial charge in [0.15, 0.2) is 17.3 Å². The van der Waals surface area contributed by atoms with Crippen molar-refractivity contribution in [2.45, 2.75) is 32.6 Å². The predicted octanol–water partition coefficient (Wildman–Crippen LogP) is 3.46. The van der Waals surface area contributed by atoms with E-state index in [0.29, 0.717) is 19.1 Å². The fourth-order valence-electron chi connectivity index (χ4n) is 3.56. The Bertz CT molecular complexity index is 922. The summed E-state index contributed by atoms with van der Waals surface area (Å²) in [5.41, 5.74) is 1.00. The van der Waals surface area contributed by atoms with Crippen molar-refractivity contribution in [3.8, 4) is 22.1 Å². The number of benzene rings is 1. The minimum Gasteiger partial charge on any atom is -0.490 e. The lowest BCUT2D eigenvalue weighted by atomic mass is 9.98. The van der Waals surface area contributed by atoms with Crippen molar-refractivity contribution in [3.63, 3.8) is 0 Å². The van der Waals surface area contributed by atoms with Crippen LogP contribution in [0.1, 0.15) is 38.4 Å². The van der Waals surface area contributed by atoms with E-state index in [1.54, 1.807) is 11.3 Å². The first kappa shape index (κ1) is 18.2. The van der Waals surface area contributed by atoms with Crippen LogP contribution in [0.3, 0.4) is 0 Å². The number of hydrogen-bond acceptors (Lipinski definition) is 7. The molecule has 1 fully saturated rings. The van der Waals surface area contributed by atoms with E-state index in [-0.39, 0.29) is 0 Å². The third kappa shape index (κ3) is 3.64. The van der Waals surface area contributed by atoms with Crippen molar-refractivity contribution >= 4 is 16.3 Å². The van der Waals surface area contributed by atoms with Gasteiger partial charge in [-0.3, -0.25) is 0 Å². The number of hydrogen-bond donors (Lipinski definition) is 0. The molecule has 1 aliphatic heterocycles. The second-order valence-corrected chi connectivity index (χ2v) is 7.74. The summed E-state index contributed by atoms with van der Waals surface area (Å²) in [5.74, 6) is 2.86. The average molecular weight is 388 g/mol. The Hall–Kier alpha value is -2.19. The van der Waals surface area contributed by atoms with Crippen molar-refractivity contribution in [3.05, 3.63) is 24.0 Å². The van der Waals surface area contributed by atoms with Crippen LogP contribution in [0.5, 0.6) is 11.5 Å². The molecule has 4 rings (SSSR count). The Balaban J connectivity index is 1.67. The lowest BCUT2D eigenvalue weighted by Gasteiger charge is -2.28. The Morgan fingerprint density at radius 2 is 1.96 bits per heavy atom. The standard InChI is InChI=1S/C19H25N5O2S/c1-4-25-15-9-8-13(11-16(15)26-5-2)18-22-24-17(20-21-19(24)27-18)14-7-6-10-23(3)12-14/h8-9,11,14H,4-7,10,12H2,1-3H3. The SMILES string of the molecule is CCOc1ccc(-c2nn3c(C4CCCN(C)C4)nnc3s2)cc1OCC. The summed E-state index contributed by atoms with van der Waals surface area (Å²) >= 11 is 1.55. The summed E-state index contributed by atoms with van der Waals surface area (Å²) < 4.78 is 13.3. The molecule has 3 heterocycles. The van der Waals surface area contributed by atoms with E-state index in [1.807, 2.05) is 36.6 Å². The second-order valence-electron chi connectivity index (χ2n) is 6.79. The van der Waals surface area contributed by atoms with Gasteiger partial charge in [0, 0.05) is 18.0 Å². The first-order chi connectivity index (χ1) is 13.2. The number of rotatable bonds is 6. The van der Waals surface area contributed by atoms with Crippen molar-refractivity contribution in [2.75, 3.05) is 33.4 Å². The number of likely N-dealkylation sites (N-methyl/N-ethyl adjacent to an activating group) is 1. The molecular weight excluding hydrogens is 362 g/mol. The van der Waals surface area contributed by atoms with Gasteiger partial charge in [0.2, 0.25) is 4.96 Å². The number of nitrogens with zero attached hydrogens (tertiary/aromatic N) is 5. The van der Waals surface area contributed by atoms with Gasteiger partial charge in [0.05, 0.1) is 13.2 Å². The summed E-state index contributed by atoms with van der Waals surface area (Å²) in [6.45, 7) is 7.29. The van der Waals surface area contributed by atoms with Gasteiger partial charge in [0.25, 0.3) is 0 Å². The van der Waals surface area contributed by atoms with Crippen LogP contribution in [0.15, 0.2) is 18.2 Å². The van der Waals surface area contributed by atoms with E-state index in [2.05, 4.69) is 22.1 Å². The van der Waals surface area contributed by atoms with Crippen LogP contribution in [-0.2, 0) is 0 Å². The number of ether oxygens (including phenoxy) is 2. The highest BCUT2D eigenvalue weighted by molar-refractivity contribution is 7.19. The van der Waals surface area contributed by atoms with Crippen molar-refractivity contribution in [2.24, 2.45) is 0 Å². The van der Waals surface area contributed by atoms with E-state index in [1.165, 1.54) is 6.42 Å². The van der Waals surface area contributed by atoms with Crippen molar-refractivity contribution in [1.82, 2.24) is 24.7 Å². The molecule has 0 saturated carbocycles. The van der Waals surface area contributed by atoms with Crippen LogP contribution < -0.4 is 9.47 Å². The number of fused-ring (bicyclic) bond motifs is 1. The fraction of sp³-hybridized carbons (Fsp3) is 0.526. The molecule has 1 saturated heterocycles. The number of likely N-dealkylation sites (tertiary alicyclic amines) is 1. The Labute approximate surface area is 162 Å². The maximum absolute atomic E-state index is 5.75. The summed E-state index contributed by atoms with van der Waals surface area (Å²) in [5, 5.41) is 14.5. The van der Waals surface area contributed by atoms with Gasteiger partial charge in [-0.05, 0) is 58.5 Å². The molecule has 8 heteroatoms. The molecule has 0 amide bonds. The lowest BCUT2D eigenvalue weighted by molar-refractivity contribution is 0.244. The van der Waals surface area contributed by atoms with Crippen LogP contribution in [0.4, 0.5) is 0 Å². The maximum atomic E-state index is 5.75. The van der Waals surface area contributed by atoms with E-state index in [0.717, 1.165) is 52.4 Å². The highest BCUT2D eigenvalue weighted by Crippen LogP contribution is 2.35. The van der Waals surface area contributed by atoms with Gasteiger partial charge in [-0.1, -0.05) is 11.3 Å². The zero-order valence-corrected chi connectivity index (χ0v) is 16.8. The monoisotopic (exact) mass is 387 g/mol. The van der Waals surface area contributed by atoms with Crippen LogP contribution in [0.2, 0.25) is 0 Å². The molecule has 0 N–H and O–H groups in total. The molecule has 0 spiro atoms. The van der Waals surface area contributed by atoms with Crippen molar-refractivity contribution in [1.29, 1.82) is 0 Å². The van der Waals surface area contributed by atoms with Crippen LogP contribution in [0, 0.1) is 0 Å². The summed E-state index contributed by atoms with van der Waals surface area (Å²) in [6.07, 6.45) is 2.32. The molecule has 3 aromatic rings. The first-order valence-electron chi connectivity index (χ1n) is 9.50. The second kappa shape index (κ2) is 7.82. The molecule has 7 nitrogen and oxygen atoms in total. The molecule has 0 radical (unpaired) electrons. The quantitative estimate of drug-likeness (QED) is 0.645. The van der Waals surface area contributed by atoms with Gasteiger partial charge in [-0.15, -0.1) is 10.2 Å².